The van der Waals surface area contributed by atoms with Gasteiger partial charge in [-0.1, -0.05) is 25.9 Å². The molecule has 10 heteroatoms. The zero-order chi connectivity index (χ0) is 25.2. The van der Waals surface area contributed by atoms with E-state index in [2.05, 4.69) is 46.2 Å². The van der Waals surface area contributed by atoms with Crippen LogP contribution in [0.1, 0.15) is 54.7 Å². The van der Waals surface area contributed by atoms with Crippen molar-refractivity contribution in [3.63, 3.8) is 0 Å². The fraction of sp³-hybridized carbons (Fsp3) is 0.480. The summed E-state index contributed by atoms with van der Waals surface area (Å²) in [6.45, 7) is 11.7. The minimum absolute atomic E-state index is 0.00813. The lowest BCUT2D eigenvalue weighted by molar-refractivity contribution is 0.0637. The Kier molecular flexibility index (Phi) is 7.51. The maximum atomic E-state index is 13.4. The van der Waals surface area contributed by atoms with Crippen molar-refractivity contribution in [1.29, 1.82) is 0 Å². The molecule has 2 atom stereocenters. The molecule has 0 bridgehead atoms. The number of piperidine rings is 1. The van der Waals surface area contributed by atoms with Gasteiger partial charge in [-0.25, -0.2) is 15.0 Å². The molecule has 0 radical (unpaired) electrons. The van der Waals surface area contributed by atoms with Gasteiger partial charge in [0, 0.05) is 36.0 Å². The molecule has 1 N–H and O–H groups in total. The molecule has 1 unspecified atom stereocenters. The summed E-state index contributed by atoms with van der Waals surface area (Å²) in [7, 11) is 1.59. The summed E-state index contributed by atoms with van der Waals surface area (Å²) in [4.78, 5) is 35.2. The summed E-state index contributed by atoms with van der Waals surface area (Å²) >= 11 is 3.16. The first-order valence-electron chi connectivity index (χ1n) is 11.8. The number of carbonyl (C=O) groups is 1. The molecular weight excluding hydrogens is 480 g/mol. The predicted molar refractivity (Wildman–Crippen MR) is 143 cm³/mol. The van der Waals surface area contributed by atoms with Gasteiger partial charge in [0.15, 0.2) is 5.13 Å². The van der Waals surface area contributed by atoms with Gasteiger partial charge in [0.05, 0.1) is 32.5 Å². The van der Waals surface area contributed by atoms with E-state index in [1.165, 1.54) is 11.3 Å². The topological polar surface area (TPSA) is 92.6 Å². The van der Waals surface area contributed by atoms with E-state index in [-0.39, 0.29) is 17.2 Å². The summed E-state index contributed by atoms with van der Waals surface area (Å²) in [5.74, 6) is 0.820. The Morgan fingerprint density at radius 3 is 2.71 bits per heavy atom. The van der Waals surface area contributed by atoms with E-state index in [0.29, 0.717) is 24.5 Å². The first kappa shape index (κ1) is 25.2. The summed E-state index contributed by atoms with van der Waals surface area (Å²) in [6, 6.07) is 3.65. The Morgan fingerprint density at radius 2 is 2.11 bits per heavy atom. The molecule has 186 valence electrons. The SMILES string of the molecule is CC[C@@H]1CN(C(=O)c2ccc(Nc3nc(-c4sc(C)nc4C)cs3)nc2)CC(C)(CC)/C1=N\OC. The van der Waals surface area contributed by atoms with Gasteiger partial charge in [-0.2, -0.15) is 0 Å². The number of amides is 1. The van der Waals surface area contributed by atoms with Crippen LogP contribution < -0.4 is 5.32 Å². The van der Waals surface area contributed by atoms with Gasteiger partial charge < -0.3 is 15.1 Å². The van der Waals surface area contributed by atoms with Crippen molar-refractivity contribution in [2.75, 3.05) is 25.5 Å². The fourth-order valence-electron chi connectivity index (χ4n) is 4.56. The van der Waals surface area contributed by atoms with Crippen LogP contribution in [0.2, 0.25) is 0 Å². The van der Waals surface area contributed by atoms with E-state index in [1.54, 1.807) is 24.6 Å². The highest BCUT2D eigenvalue weighted by Crippen LogP contribution is 2.36. The molecule has 4 rings (SSSR count). The molecule has 1 amide bonds. The average molecular weight is 513 g/mol. The van der Waals surface area contributed by atoms with Gasteiger partial charge in [0.1, 0.15) is 12.9 Å². The van der Waals surface area contributed by atoms with Crippen LogP contribution in [-0.4, -0.2) is 51.7 Å². The van der Waals surface area contributed by atoms with Gasteiger partial charge in [-0.3, -0.25) is 4.79 Å². The molecule has 1 saturated heterocycles. The lowest BCUT2D eigenvalue weighted by atomic mass is 9.72. The maximum absolute atomic E-state index is 13.4. The van der Waals surface area contributed by atoms with Crippen molar-refractivity contribution in [2.45, 2.75) is 47.5 Å². The molecule has 1 aliphatic rings. The second-order valence-corrected chi connectivity index (χ2v) is 11.2. The number of anilines is 2. The van der Waals surface area contributed by atoms with E-state index in [1.807, 2.05) is 36.3 Å². The predicted octanol–water partition coefficient (Wildman–Crippen LogP) is 5.92. The number of carbonyl (C=O) groups excluding carboxylic acids is 1. The highest BCUT2D eigenvalue weighted by Gasteiger charge is 2.42. The van der Waals surface area contributed by atoms with Crippen LogP contribution in [0.3, 0.4) is 0 Å². The molecule has 35 heavy (non-hydrogen) atoms. The molecule has 1 fully saturated rings. The number of hydrogen-bond acceptors (Lipinski definition) is 9. The second kappa shape index (κ2) is 10.4. The minimum Gasteiger partial charge on any atom is -0.399 e. The van der Waals surface area contributed by atoms with Gasteiger partial charge in [-0.05, 0) is 38.8 Å². The molecular formula is C25H32N6O2S2. The van der Waals surface area contributed by atoms with Crippen LogP contribution >= 0.6 is 22.7 Å². The van der Waals surface area contributed by atoms with Crippen LogP contribution in [-0.2, 0) is 4.84 Å². The normalized spacial score (nSPS) is 21.4. The van der Waals surface area contributed by atoms with E-state index in [9.17, 15) is 4.79 Å². The van der Waals surface area contributed by atoms with Crippen molar-refractivity contribution in [3.05, 3.63) is 40.0 Å². The molecule has 3 aromatic heterocycles. The van der Waals surface area contributed by atoms with Gasteiger partial charge in [0.2, 0.25) is 0 Å². The molecule has 1 aliphatic heterocycles. The highest BCUT2D eigenvalue weighted by molar-refractivity contribution is 7.16. The van der Waals surface area contributed by atoms with E-state index in [4.69, 9.17) is 4.84 Å². The molecule has 8 nitrogen and oxygen atoms in total. The monoisotopic (exact) mass is 512 g/mol. The van der Waals surface area contributed by atoms with Crippen molar-refractivity contribution in [3.8, 4) is 10.6 Å². The molecule has 0 aliphatic carbocycles. The van der Waals surface area contributed by atoms with Gasteiger partial charge in [-0.15, -0.1) is 22.7 Å². The third kappa shape index (κ3) is 5.23. The third-order valence-electron chi connectivity index (χ3n) is 6.62. The van der Waals surface area contributed by atoms with Crippen LogP contribution in [0, 0.1) is 25.2 Å². The Hall–Kier alpha value is -2.85. The van der Waals surface area contributed by atoms with E-state index >= 15 is 0 Å². The number of pyridine rings is 1. The number of nitrogens with zero attached hydrogens (tertiary/aromatic N) is 5. The van der Waals surface area contributed by atoms with Crippen molar-refractivity contribution >= 4 is 45.2 Å². The van der Waals surface area contributed by atoms with E-state index in [0.717, 1.165) is 45.0 Å². The Labute approximate surface area is 214 Å². The van der Waals surface area contributed by atoms with Crippen LogP contribution in [0.4, 0.5) is 10.9 Å². The first-order valence-corrected chi connectivity index (χ1v) is 13.5. The summed E-state index contributed by atoms with van der Waals surface area (Å²) < 4.78 is 0. The smallest absolute Gasteiger partial charge is 0.255 e. The number of nitrogens with one attached hydrogen (secondary N) is 1. The second-order valence-electron chi connectivity index (χ2n) is 9.11. The highest BCUT2D eigenvalue weighted by atomic mass is 32.1. The molecule has 4 heterocycles. The number of rotatable bonds is 7. The fourth-order valence-corrected chi connectivity index (χ4v) is 6.22. The zero-order valence-corrected chi connectivity index (χ0v) is 22.7. The quantitative estimate of drug-likeness (QED) is 0.395. The minimum atomic E-state index is -0.211. The number of thiazole rings is 2. The van der Waals surface area contributed by atoms with Crippen molar-refractivity contribution in [1.82, 2.24) is 19.9 Å². The number of likely N-dealkylation sites (tertiary alicyclic amines) is 1. The van der Waals surface area contributed by atoms with Crippen LogP contribution in [0.15, 0.2) is 28.9 Å². The maximum Gasteiger partial charge on any atom is 0.255 e. The first-order chi connectivity index (χ1) is 16.8. The van der Waals surface area contributed by atoms with Crippen LogP contribution in [0.25, 0.3) is 10.6 Å². The van der Waals surface area contributed by atoms with Gasteiger partial charge in [0.25, 0.3) is 5.91 Å². The summed E-state index contributed by atoms with van der Waals surface area (Å²) in [5, 5.41) is 11.4. The molecule has 0 saturated carbocycles. The Morgan fingerprint density at radius 1 is 1.31 bits per heavy atom. The standard InChI is InChI=1S/C25H32N6O2S2/c1-7-17-12-31(14-25(5,8-2)22(17)30-33-6)23(32)18-9-10-20(26-11-18)29-24-28-19(13-34-24)21-15(3)27-16(4)35-21/h9-11,13,17H,7-8,12,14H2,1-6H3,(H,26,28,29)/b30-22-/t17-,25?/m1/s1. The summed E-state index contributed by atoms with van der Waals surface area (Å²) in [6.07, 6.45) is 3.42. The Balaban J connectivity index is 1.47. The molecule has 0 spiro atoms. The largest absolute Gasteiger partial charge is 0.399 e. The van der Waals surface area contributed by atoms with Crippen molar-refractivity contribution < 1.29 is 9.63 Å². The zero-order valence-electron chi connectivity index (χ0n) is 21.1. The van der Waals surface area contributed by atoms with Gasteiger partial charge >= 0.3 is 0 Å². The molecule has 0 aromatic carbocycles. The Bertz CT molecular complexity index is 1220. The van der Waals surface area contributed by atoms with Crippen molar-refractivity contribution in [2.24, 2.45) is 16.5 Å². The third-order valence-corrected chi connectivity index (χ3v) is 8.47. The molecule has 3 aromatic rings. The number of hydrogen-bond donors (Lipinski definition) is 1. The lowest BCUT2D eigenvalue weighted by Gasteiger charge is -2.44. The summed E-state index contributed by atoms with van der Waals surface area (Å²) in [5.41, 5.74) is 3.33. The lowest BCUT2D eigenvalue weighted by Crippen LogP contribution is -2.54. The number of aromatic nitrogens is 3. The average Bonchev–Trinajstić information content (AvgIpc) is 3.45. The van der Waals surface area contributed by atoms with Crippen LogP contribution in [0.5, 0.6) is 0 Å². The van der Waals surface area contributed by atoms with E-state index < -0.39 is 0 Å². The number of oxime groups is 1. The number of aryl methyl sites for hydroxylation is 2.